The van der Waals surface area contributed by atoms with Gasteiger partial charge in [0.05, 0.1) is 13.7 Å². The number of carbonyl (C=O) groups is 2. The lowest BCUT2D eigenvalue weighted by molar-refractivity contribution is -0.121. The molecule has 6 heteroatoms. The van der Waals surface area contributed by atoms with Crippen molar-refractivity contribution in [1.82, 2.24) is 10.6 Å². The van der Waals surface area contributed by atoms with E-state index in [9.17, 15) is 9.59 Å². The molecule has 0 atom stereocenters. The molecule has 1 aromatic rings. The van der Waals surface area contributed by atoms with Crippen LogP contribution in [0.15, 0.2) is 16.5 Å². The van der Waals surface area contributed by atoms with Crippen LogP contribution < -0.4 is 10.6 Å². The highest BCUT2D eigenvalue weighted by Gasteiger charge is 2.22. The van der Waals surface area contributed by atoms with Crippen LogP contribution in [0.5, 0.6) is 0 Å². The SMILES string of the molecule is COC(=O)c1ccc(CNCCC(=O)NC2CC2)o1. The molecule has 0 aliphatic heterocycles. The first kappa shape index (κ1) is 13.6. The molecule has 0 radical (unpaired) electrons. The zero-order chi connectivity index (χ0) is 13.7. The summed E-state index contributed by atoms with van der Waals surface area (Å²) >= 11 is 0. The first-order valence-corrected chi connectivity index (χ1v) is 6.36. The fraction of sp³-hybridized carbons (Fsp3) is 0.538. The molecular formula is C13H18N2O4. The van der Waals surface area contributed by atoms with Crippen LogP contribution in [-0.4, -0.2) is 31.6 Å². The predicted octanol–water partition coefficient (Wildman–Crippen LogP) is 0.824. The number of amides is 1. The molecule has 104 valence electrons. The van der Waals surface area contributed by atoms with Crippen molar-refractivity contribution < 1.29 is 18.7 Å². The number of hydrogen-bond acceptors (Lipinski definition) is 5. The number of methoxy groups -OCH3 is 1. The molecule has 19 heavy (non-hydrogen) atoms. The van der Waals surface area contributed by atoms with E-state index in [1.807, 2.05) is 0 Å². The molecule has 1 aliphatic rings. The number of carbonyl (C=O) groups excluding carboxylic acids is 2. The van der Waals surface area contributed by atoms with E-state index in [-0.39, 0.29) is 11.7 Å². The molecule has 1 aromatic heterocycles. The lowest BCUT2D eigenvalue weighted by Crippen LogP contribution is -2.28. The van der Waals surface area contributed by atoms with E-state index in [1.165, 1.54) is 7.11 Å². The van der Waals surface area contributed by atoms with Gasteiger partial charge in [0.25, 0.3) is 0 Å². The van der Waals surface area contributed by atoms with Crippen molar-refractivity contribution in [2.75, 3.05) is 13.7 Å². The van der Waals surface area contributed by atoms with E-state index in [0.717, 1.165) is 12.8 Å². The van der Waals surface area contributed by atoms with E-state index in [4.69, 9.17) is 4.42 Å². The summed E-state index contributed by atoms with van der Waals surface area (Å²) in [7, 11) is 1.31. The maximum absolute atomic E-state index is 11.4. The Morgan fingerprint density at radius 1 is 1.42 bits per heavy atom. The lowest BCUT2D eigenvalue weighted by Gasteiger charge is -2.04. The Morgan fingerprint density at radius 2 is 2.21 bits per heavy atom. The summed E-state index contributed by atoms with van der Waals surface area (Å²) in [6.07, 6.45) is 2.64. The minimum absolute atomic E-state index is 0.0738. The summed E-state index contributed by atoms with van der Waals surface area (Å²) in [5.41, 5.74) is 0. The second-order valence-corrected chi connectivity index (χ2v) is 4.53. The van der Waals surface area contributed by atoms with Crippen LogP contribution in [0.4, 0.5) is 0 Å². The first-order valence-electron chi connectivity index (χ1n) is 6.36. The summed E-state index contributed by atoms with van der Waals surface area (Å²) < 4.78 is 9.82. The minimum Gasteiger partial charge on any atom is -0.463 e. The van der Waals surface area contributed by atoms with Crippen LogP contribution in [-0.2, 0) is 16.1 Å². The van der Waals surface area contributed by atoms with Gasteiger partial charge < -0.3 is 19.8 Å². The molecule has 6 nitrogen and oxygen atoms in total. The third-order valence-electron chi connectivity index (χ3n) is 2.82. The lowest BCUT2D eigenvalue weighted by atomic mass is 10.3. The van der Waals surface area contributed by atoms with Crippen LogP contribution in [0.25, 0.3) is 0 Å². The maximum Gasteiger partial charge on any atom is 0.373 e. The highest BCUT2D eigenvalue weighted by molar-refractivity contribution is 5.86. The smallest absolute Gasteiger partial charge is 0.373 e. The van der Waals surface area contributed by atoms with Gasteiger partial charge in [0.2, 0.25) is 11.7 Å². The maximum atomic E-state index is 11.4. The highest BCUT2D eigenvalue weighted by Crippen LogP contribution is 2.18. The Kier molecular flexibility index (Phi) is 4.57. The Hall–Kier alpha value is -1.82. The summed E-state index contributed by atoms with van der Waals surface area (Å²) in [5.74, 6) is 0.411. The van der Waals surface area contributed by atoms with Crippen LogP contribution >= 0.6 is 0 Å². The van der Waals surface area contributed by atoms with Crippen molar-refractivity contribution in [3.8, 4) is 0 Å². The van der Waals surface area contributed by atoms with Gasteiger partial charge in [-0.1, -0.05) is 0 Å². The van der Waals surface area contributed by atoms with Crippen molar-refractivity contribution in [2.24, 2.45) is 0 Å². The molecular weight excluding hydrogens is 248 g/mol. The Morgan fingerprint density at radius 3 is 2.89 bits per heavy atom. The number of furan rings is 1. The normalized spacial score (nSPS) is 14.2. The Balaban J connectivity index is 1.63. The molecule has 1 fully saturated rings. The zero-order valence-corrected chi connectivity index (χ0v) is 10.9. The third kappa shape index (κ3) is 4.40. The molecule has 0 bridgehead atoms. The largest absolute Gasteiger partial charge is 0.463 e. The standard InChI is InChI=1S/C13H18N2O4/c1-18-13(17)11-5-4-10(19-11)8-14-7-6-12(16)15-9-2-3-9/h4-5,9,14H,2-3,6-8H2,1H3,(H,15,16). The van der Waals surface area contributed by atoms with Gasteiger partial charge in [0.15, 0.2) is 0 Å². The Bertz CT molecular complexity index is 451. The number of hydrogen-bond donors (Lipinski definition) is 2. The van der Waals surface area contributed by atoms with Gasteiger partial charge in [-0.25, -0.2) is 4.79 Å². The fourth-order valence-electron chi connectivity index (χ4n) is 1.62. The van der Waals surface area contributed by atoms with Gasteiger partial charge in [-0.15, -0.1) is 0 Å². The van der Waals surface area contributed by atoms with E-state index in [2.05, 4.69) is 15.4 Å². The van der Waals surface area contributed by atoms with Crippen LogP contribution in [0.3, 0.4) is 0 Å². The second-order valence-electron chi connectivity index (χ2n) is 4.53. The van der Waals surface area contributed by atoms with Gasteiger partial charge in [-0.3, -0.25) is 4.79 Å². The molecule has 0 unspecified atom stereocenters. The summed E-state index contributed by atoms with van der Waals surface area (Å²) in [6.45, 7) is 1.06. The first-order chi connectivity index (χ1) is 9.19. The highest BCUT2D eigenvalue weighted by atomic mass is 16.5. The predicted molar refractivity (Wildman–Crippen MR) is 67.5 cm³/mol. The number of esters is 1. The monoisotopic (exact) mass is 266 g/mol. The molecule has 1 saturated carbocycles. The fourth-order valence-corrected chi connectivity index (χ4v) is 1.62. The van der Waals surface area contributed by atoms with Gasteiger partial charge >= 0.3 is 5.97 Å². The van der Waals surface area contributed by atoms with Crippen molar-refractivity contribution in [3.63, 3.8) is 0 Å². The molecule has 1 aliphatic carbocycles. The van der Waals surface area contributed by atoms with Gasteiger partial charge in [0, 0.05) is 19.0 Å². The van der Waals surface area contributed by atoms with Crippen LogP contribution in [0.1, 0.15) is 35.6 Å². The topological polar surface area (TPSA) is 80.6 Å². The zero-order valence-electron chi connectivity index (χ0n) is 10.9. The Labute approximate surface area is 111 Å². The molecule has 1 amide bonds. The van der Waals surface area contributed by atoms with Crippen molar-refractivity contribution in [3.05, 3.63) is 23.7 Å². The average Bonchev–Trinajstić information content (AvgIpc) is 3.08. The molecule has 2 rings (SSSR count). The van der Waals surface area contributed by atoms with E-state index >= 15 is 0 Å². The summed E-state index contributed by atoms with van der Waals surface area (Å²) in [6, 6.07) is 3.69. The van der Waals surface area contributed by atoms with Crippen molar-refractivity contribution in [2.45, 2.75) is 31.8 Å². The third-order valence-corrected chi connectivity index (χ3v) is 2.82. The van der Waals surface area contributed by atoms with Crippen LogP contribution in [0, 0.1) is 0 Å². The number of ether oxygens (including phenoxy) is 1. The average molecular weight is 266 g/mol. The van der Waals surface area contributed by atoms with Gasteiger partial charge in [-0.05, 0) is 25.0 Å². The number of rotatable bonds is 7. The quantitative estimate of drug-likeness (QED) is 0.564. The van der Waals surface area contributed by atoms with Gasteiger partial charge in [-0.2, -0.15) is 0 Å². The molecule has 0 saturated heterocycles. The van der Waals surface area contributed by atoms with Crippen molar-refractivity contribution >= 4 is 11.9 Å². The van der Waals surface area contributed by atoms with E-state index < -0.39 is 5.97 Å². The van der Waals surface area contributed by atoms with Gasteiger partial charge in [0.1, 0.15) is 5.76 Å². The van der Waals surface area contributed by atoms with E-state index in [1.54, 1.807) is 12.1 Å². The molecule has 0 spiro atoms. The molecule has 2 N–H and O–H groups in total. The second kappa shape index (κ2) is 6.38. The summed E-state index contributed by atoms with van der Waals surface area (Å²) in [4.78, 5) is 22.6. The minimum atomic E-state index is -0.491. The van der Waals surface area contributed by atoms with E-state index in [0.29, 0.717) is 31.3 Å². The molecule has 0 aromatic carbocycles. The molecule has 1 heterocycles. The van der Waals surface area contributed by atoms with Crippen molar-refractivity contribution in [1.29, 1.82) is 0 Å². The number of nitrogens with one attached hydrogen (secondary N) is 2. The summed E-state index contributed by atoms with van der Waals surface area (Å²) in [5, 5.41) is 6.01. The van der Waals surface area contributed by atoms with Crippen LogP contribution in [0.2, 0.25) is 0 Å².